The van der Waals surface area contributed by atoms with Crippen LogP contribution in [0.2, 0.25) is 0 Å². The smallest absolute Gasteiger partial charge is 0.229 e. The Morgan fingerprint density at radius 2 is 1.69 bits per heavy atom. The molecule has 2 aromatic carbocycles. The van der Waals surface area contributed by atoms with E-state index in [1.807, 2.05) is 12.1 Å². The third-order valence-electron chi connectivity index (χ3n) is 5.33. The molecule has 168 valence electrons. The molecular formula is C23H28N6O2S. The average Bonchev–Trinajstić information content (AvgIpc) is 2.75. The van der Waals surface area contributed by atoms with E-state index >= 15 is 0 Å². The Bertz CT molecular complexity index is 1180. The van der Waals surface area contributed by atoms with Gasteiger partial charge in [-0.1, -0.05) is 24.3 Å². The zero-order chi connectivity index (χ0) is 22.6. The number of nitrogens with zero attached hydrogens (tertiary/aromatic N) is 4. The number of sulfonamides is 1. The van der Waals surface area contributed by atoms with Gasteiger partial charge in [-0.3, -0.25) is 9.62 Å². The Kier molecular flexibility index (Phi) is 6.69. The molecule has 3 aromatic rings. The third-order valence-corrected chi connectivity index (χ3v) is 5.94. The monoisotopic (exact) mass is 452 g/mol. The van der Waals surface area contributed by atoms with Gasteiger partial charge in [0.05, 0.1) is 17.6 Å². The van der Waals surface area contributed by atoms with Crippen LogP contribution in [0.15, 0.2) is 60.9 Å². The number of aromatic nitrogens is 2. The summed E-state index contributed by atoms with van der Waals surface area (Å²) in [6, 6.07) is 17.4. The molecule has 2 heterocycles. The van der Waals surface area contributed by atoms with Crippen LogP contribution in [0.3, 0.4) is 0 Å². The molecule has 32 heavy (non-hydrogen) atoms. The molecule has 1 aliphatic rings. The van der Waals surface area contributed by atoms with Crippen molar-refractivity contribution in [2.24, 2.45) is 0 Å². The summed E-state index contributed by atoms with van der Waals surface area (Å²) in [5.74, 6) is 0.635. The molecular weight excluding hydrogens is 424 g/mol. The van der Waals surface area contributed by atoms with Crippen LogP contribution in [0.1, 0.15) is 5.56 Å². The Morgan fingerprint density at radius 1 is 0.938 bits per heavy atom. The molecule has 1 saturated heterocycles. The van der Waals surface area contributed by atoms with Crippen molar-refractivity contribution in [1.29, 1.82) is 0 Å². The zero-order valence-corrected chi connectivity index (χ0v) is 19.1. The van der Waals surface area contributed by atoms with E-state index in [1.165, 1.54) is 11.9 Å². The molecule has 0 spiro atoms. The van der Waals surface area contributed by atoms with E-state index in [4.69, 9.17) is 0 Å². The molecule has 0 bridgehead atoms. The maximum atomic E-state index is 11.5. The molecule has 0 amide bonds. The first-order valence-electron chi connectivity index (χ1n) is 10.5. The van der Waals surface area contributed by atoms with E-state index in [2.05, 4.69) is 61.1 Å². The van der Waals surface area contributed by atoms with E-state index < -0.39 is 10.0 Å². The van der Waals surface area contributed by atoms with Gasteiger partial charge in [-0.25, -0.2) is 18.4 Å². The van der Waals surface area contributed by atoms with E-state index in [0.717, 1.165) is 55.9 Å². The predicted molar refractivity (Wildman–Crippen MR) is 128 cm³/mol. The molecule has 0 saturated carbocycles. The minimum Gasteiger partial charge on any atom is -0.340 e. The third kappa shape index (κ3) is 6.25. The van der Waals surface area contributed by atoms with Gasteiger partial charge in [0.15, 0.2) is 0 Å². The van der Waals surface area contributed by atoms with Crippen LogP contribution in [-0.4, -0.2) is 67.7 Å². The lowest BCUT2D eigenvalue weighted by molar-refractivity contribution is 0.148. The normalized spacial score (nSPS) is 15.4. The molecule has 0 atom stereocenters. The minimum atomic E-state index is -3.34. The maximum Gasteiger partial charge on any atom is 0.229 e. The minimum absolute atomic E-state index is 0.489. The number of nitrogens with one attached hydrogen (secondary N) is 2. The van der Waals surface area contributed by atoms with E-state index in [-0.39, 0.29) is 0 Å². The average molecular weight is 453 g/mol. The summed E-state index contributed by atoms with van der Waals surface area (Å²) < 4.78 is 25.4. The highest BCUT2D eigenvalue weighted by Gasteiger charge is 2.14. The van der Waals surface area contributed by atoms with Crippen LogP contribution < -0.4 is 10.0 Å². The van der Waals surface area contributed by atoms with Crippen molar-refractivity contribution in [3.63, 3.8) is 0 Å². The number of likely N-dealkylation sites (N-methyl/N-ethyl adjacent to an activating group) is 1. The summed E-state index contributed by atoms with van der Waals surface area (Å²) >= 11 is 0. The van der Waals surface area contributed by atoms with Gasteiger partial charge in [-0.05, 0) is 36.9 Å². The highest BCUT2D eigenvalue weighted by molar-refractivity contribution is 7.92. The fourth-order valence-corrected chi connectivity index (χ4v) is 4.25. The lowest BCUT2D eigenvalue weighted by Gasteiger charge is -2.32. The van der Waals surface area contributed by atoms with Crippen LogP contribution in [0.5, 0.6) is 0 Å². The number of hydrogen-bond donors (Lipinski definition) is 2. The van der Waals surface area contributed by atoms with Crippen molar-refractivity contribution in [1.82, 2.24) is 19.8 Å². The van der Waals surface area contributed by atoms with E-state index in [0.29, 0.717) is 11.5 Å². The largest absolute Gasteiger partial charge is 0.340 e. The van der Waals surface area contributed by atoms with Gasteiger partial charge in [0, 0.05) is 50.0 Å². The highest BCUT2D eigenvalue weighted by atomic mass is 32.2. The molecule has 9 heteroatoms. The number of rotatable bonds is 7. The summed E-state index contributed by atoms with van der Waals surface area (Å²) in [5.41, 5.74) is 4.35. The van der Waals surface area contributed by atoms with Gasteiger partial charge in [0.25, 0.3) is 0 Å². The highest BCUT2D eigenvalue weighted by Crippen LogP contribution is 2.24. The van der Waals surface area contributed by atoms with Gasteiger partial charge in [-0.2, -0.15) is 0 Å². The van der Waals surface area contributed by atoms with Crippen molar-refractivity contribution < 1.29 is 8.42 Å². The Morgan fingerprint density at radius 3 is 2.47 bits per heavy atom. The SMILES string of the molecule is CN1CCN(Cc2cccc(-c3cc(Nc4cccc(NS(C)(=O)=O)c4)ncn3)c2)CC1. The lowest BCUT2D eigenvalue weighted by Crippen LogP contribution is -2.43. The zero-order valence-electron chi connectivity index (χ0n) is 18.3. The molecule has 0 aliphatic carbocycles. The van der Waals surface area contributed by atoms with Crippen LogP contribution in [-0.2, 0) is 16.6 Å². The van der Waals surface area contributed by atoms with Gasteiger partial charge in [-0.15, -0.1) is 0 Å². The van der Waals surface area contributed by atoms with Crippen LogP contribution in [0.25, 0.3) is 11.3 Å². The van der Waals surface area contributed by atoms with Gasteiger partial charge in [0.1, 0.15) is 12.1 Å². The predicted octanol–water partition coefficient (Wildman–Crippen LogP) is 3.01. The summed E-state index contributed by atoms with van der Waals surface area (Å²) in [6.45, 7) is 5.28. The van der Waals surface area contributed by atoms with E-state index in [1.54, 1.807) is 18.2 Å². The quantitative estimate of drug-likeness (QED) is 0.569. The first kappa shape index (κ1) is 22.2. The lowest BCUT2D eigenvalue weighted by atomic mass is 10.1. The molecule has 0 radical (unpaired) electrons. The Balaban J connectivity index is 1.48. The maximum absolute atomic E-state index is 11.5. The number of hydrogen-bond acceptors (Lipinski definition) is 7. The first-order valence-corrected chi connectivity index (χ1v) is 12.4. The van der Waals surface area contributed by atoms with Crippen molar-refractivity contribution in [3.05, 3.63) is 66.5 Å². The van der Waals surface area contributed by atoms with Crippen LogP contribution >= 0.6 is 0 Å². The second kappa shape index (κ2) is 9.64. The molecule has 1 aromatic heterocycles. The van der Waals surface area contributed by atoms with Crippen molar-refractivity contribution >= 4 is 27.2 Å². The molecule has 4 rings (SSSR count). The number of piperazine rings is 1. The topological polar surface area (TPSA) is 90.5 Å². The number of benzene rings is 2. The van der Waals surface area contributed by atoms with Gasteiger partial charge < -0.3 is 10.2 Å². The van der Waals surface area contributed by atoms with Crippen molar-refractivity contribution in [2.45, 2.75) is 6.54 Å². The second-order valence-electron chi connectivity index (χ2n) is 8.15. The summed E-state index contributed by atoms with van der Waals surface area (Å²) in [4.78, 5) is 13.6. The van der Waals surface area contributed by atoms with Crippen molar-refractivity contribution in [3.8, 4) is 11.3 Å². The fourth-order valence-electron chi connectivity index (χ4n) is 3.70. The first-order chi connectivity index (χ1) is 15.3. The van der Waals surface area contributed by atoms with Crippen LogP contribution in [0.4, 0.5) is 17.2 Å². The Hall–Kier alpha value is -3.01. The second-order valence-corrected chi connectivity index (χ2v) is 9.90. The molecule has 1 aliphatic heterocycles. The summed E-state index contributed by atoms with van der Waals surface area (Å²) in [5, 5.41) is 3.23. The molecule has 8 nitrogen and oxygen atoms in total. The van der Waals surface area contributed by atoms with Crippen LogP contribution in [0, 0.1) is 0 Å². The summed E-state index contributed by atoms with van der Waals surface area (Å²) in [6.07, 6.45) is 2.66. The molecule has 0 unspecified atom stereocenters. The number of anilines is 3. The standard InChI is InChI=1S/C23H28N6O2S/c1-28-9-11-29(12-10-28)16-18-5-3-6-19(13-18)22-15-23(25-17-24-22)26-20-7-4-8-21(14-20)27-32(2,30)31/h3-8,13-15,17,27H,9-12,16H2,1-2H3,(H,24,25,26). The van der Waals surface area contributed by atoms with Gasteiger partial charge >= 0.3 is 0 Å². The Labute approximate surface area is 189 Å². The van der Waals surface area contributed by atoms with E-state index in [9.17, 15) is 8.42 Å². The van der Waals surface area contributed by atoms with Gasteiger partial charge in [0.2, 0.25) is 10.0 Å². The van der Waals surface area contributed by atoms with Crippen molar-refractivity contribution in [2.75, 3.05) is 49.5 Å². The fraction of sp³-hybridized carbons (Fsp3) is 0.304. The summed E-state index contributed by atoms with van der Waals surface area (Å²) in [7, 11) is -1.17. The molecule has 1 fully saturated rings. The molecule has 2 N–H and O–H groups in total.